The van der Waals surface area contributed by atoms with E-state index in [-0.39, 0.29) is 5.70 Å². The highest BCUT2D eigenvalue weighted by Crippen LogP contribution is 2.20. The molecule has 2 heterocycles. The minimum atomic E-state index is -0.466. The Bertz CT molecular complexity index is 733. The van der Waals surface area contributed by atoms with E-state index in [4.69, 9.17) is 4.74 Å². The molecule has 0 atom stereocenters. The van der Waals surface area contributed by atoms with Crippen molar-refractivity contribution in [2.75, 3.05) is 0 Å². The summed E-state index contributed by atoms with van der Waals surface area (Å²) in [4.78, 5) is 16.0. The van der Waals surface area contributed by atoms with E-state index in [1.165, 1.54) is 17.1 Å². The number of cyclic esters (lactones) is 1. The number of aliphatic imine (C=N–C) groups is 1. The van der Waals surface area contributed by atoms with Crippen LogP contribution in [0.4, 0.5) is 0 Å². The SMILES string of the molecule is Cc1ccc(C2=N/C(=C/c3csnn3)C(=O)O2)cc1C. The Kier molecular flexibility index (Phi) is 3.15. The Morgan fingerprint density at radius 1 is 1.25 bits per heavy atom. The first-order valence-electron chi connectivity index (χ1n) is 6.01. The maximum absolute atomic E-state index is 11.8. The Balaban J connectivity index is 1.96. The number of carbonyl (C=O) groups is 1. The number of ether oxygens (including phenoxy) is 1. The lowest BCUT2D eigenvalue weighted by atomic mass is 10.1. The zero-order chi connectivity index (χ0) is 14.1. The molecule has 2 aromatic rings. The van der Waals surface area contributed by atoms with Gasteiger partial charge in [0.1, 0.15) is 5.69 Å². The molecule has 0 saturated carbocycles. The van der Waals surface area contributed by atoms with Gasteiger partial charge in [-0.2, -0.15) is 0 Å². The second-order valence-corrected chi connectivity index (χ2v) is 5.07. The highest BCUT2D eigenvalue weighted by molar-refractivity contribution is 7.03. The molecule has 3 rings (SSSR count). The van der Waals surface area contributed by atoms with Gasteiger partial charge in [-0.15, -0.1) is 5.10 Å². The summed E-state index contributed by atoms with van der Waals surface area (Å²) < 4.78 is 8.94. The molecule has 0 bridgehead atoms. The number of hydrogen-bond acceptors (Lipinski definition) is 6. The Hall–Kier alpha value is -2.34. The van der Waals surface area contributed by atoms with Crippen LogP contribution in [-0.2, 0) is 9.53 Å². The van der Waals surface area contributed by atoms with Crippen molar-refractivity contribution in [2.45, 2.75) is 13.8 Å². The summed E-state index contributed by atoms with van der Waals surface area (Å²) in [6.45, 7) is 4.04. The van der Waals surface area contributed by atoms with Gasteiger partial charge in [-0.25, -0.2) is 9.79 Å². The highest BCUT2D eigenvalue weighted by atomic mass is 32.1. The zero-order valence-electron chi connectivity index (χ0n) is 11.0. The predicted molar refractivity (Wildman–Crippen MR) is 76.4 cm³/mol. The van der Waals surface area contributed by atoms with E-state index < -0.39 is 5.97 Å². The number of esters is 1. The number of aromatic nitrogens is 2. The molecular weight excluding hydrogens is 274 g/mol. The molecule has 0 aliphatic carbocycles. The van der Waals surface area contributed by atoms with Gasteiger partial charge >= 0.3 is 5.97 Å². The van der Waals surface area contributed by atoms with Crippen LogP contribution in [-0.4, -0.2) is 21.5 Å². The van der Waals surface area contributed by atoms with Gasteiger partial charge in [0.15, 0.2) is 5.70 Å². The molecule has 0 spiro atoms. The Morgan fingerprint density at radius 2 is 2.10 bits per heavy atom. The molecule has 0 unspecified atom stereocenters. The monoisotopic (exact) mass is 285 g/mol. The van der Waals surface area contributed by atoms with Crippen LogP contribution < -0.4 is 0 Å². The molecule has 0 radical (unpaired) electrons. The molecule has 5 nitrogen and oxygen atoms in total. The maximum atomic E-state index is 11.8. The molecule has 1 aromatic heterocycles. The van der Waals surface area contributed by atoms with Crippen molar-refractivity contribution in [1.82, 2.24) is 9.59 Å². The third kappa shape index (κ3) is 2.37. The van der Waals surface area contributed by atoms with E-state index in [9.17, 15) is 4.79 Å². The molecule has 0 N–H and O–H groups in total. The molecule has 0 amide bonds. The fourth-order valence-electron chi connectivity index (χ4n) is 1.78. The topological polar surface area (TPSA) is 64.4 Å². The van der Waals surface area contributed by atoms with Gasteiger partial charge in [0, 0.05) is 10.9 Å². The highest BCUT2D eigenvalue weighted by Gasteiger charge is 2.24. The maximum Gasteiger partial charge on any atom is 0.363 e. The number of benzene rings is 1. The van der Waals surface area contributed by atoms with E-state index in [0.29, 0.717) is 11.6 Å². The summed E-state index contributed by atoms with van der Waals surface area (Å²) in [5.41, 5.74) is 3.95. The van der Waals surface area contributed by atoms with Gasteiger partial charge in [-0.1, -0.05) is 10.6 Å². The van der Waals surface area contributed by atoms with Crippen LogP contribution in [0.3, 0.4) is 0 Å². The fraction of sp³-hybridized carbons (Fsp3) is 0.143. The normalized spacial score (nSPS) is 16.4. The first-order valence-corrected chi connectivity index (χ1v) is 6.84. The molecule has 0 fully saturated rings. The summed E-state index contributed by atoms with van der Waals surface area (Å²) in [5, 5.41) is 5.59. The van der Waals surface area contributed by atoms with Crippen LogP contribution in [0.2, 0.25) is 0 Å². The molecule has 1 aromatic carbocycles. The second kappa shape index (κ2) is 4.97. The van der Waals surface area contributed by atoms with Gasteiger partial charge in [-0.3, -0.25) is 0 Å². The minimum Gasteiger partial charge on any atom is -0.402 e. The van der Waals surface area contributed by atoms with Gasteiger partial charge in [0.05, 0.1) is 0 Å². The van der Waals surface area contributed by atoms with Crippen LogP contribution in [0.25, 0.3) is 6.08 Å². The van der Waals surface area contributed by atoms with Crippen molar-refractivity contribution >= 4 is 29.5 Å². The summed E-state index contributed by atoms with van der Waals surface area (Å²) in [5.74, 6) is -0.140. The van der Waals surface area contributed by atoms with Crippen LogP contribution in [0, 0.1) is 13.8 Å². The van der Waals surface area contributed by atoms with Gasteiger partial charge in [0.2, 0.25) is 5.90 Å². The molecule has 20 heavy (non-hydrogen) atoms. The van der Waals surface area contributed by atoms with E-state index in [2.05, 4.69) is 14.6 Å². The van der Waals surface area contributed by atoms with Crippen molar-refractivity contribution < 1.29 is 9.53 Å². The Labute approximate surface area is 119 Å². The summed E-state index contributed by atoms with van der Waals surface area (Å²) in [7, 11) is 0. The van der Waals surface area contributed by atoms with Crippen molar-refractivity contribution in [3.05, 3.63) is 51.7 Å². The number of rotatable bonds is 2. The third-order valence-corrected chi connectivity index (χ3v) is 3.56. The average Bonchev–Trinajstić information content (AvgIpc) is 3.04. The molecule has 1 aliphatic rings. The lowest BCUT2D eigenvalue weighted by molar-refractivity contribution is -0.129. The summed E-state index contributed by atoms with van der Waals surface area (Å²) in [6, 6.07) is 5.82. The van der Waals surface area contributed by atoms with Crippen molar-refractivity contribution in [2.24, 2.45) is 4.99 Å². The summed E-state index contributed by atoms with van der Waals surface area (Å²) >= 11 is 1.22. The van der Waals surface area contributed by atoms with Crippen LogP contribution in [0.15, 0.2) is 34.3 Å². The first-order chi connectivity index (χ1) is 9.63. The fourth-order valence-corrected chi connectivity index (χ4v) is 2.19. The molecule has 1 aliphatic heterocycles. The minimum absolute atomic E-state index is 0.242. The average molecular weight is 285 g/mol. The molecule has 100 valence electrons. The van der Waals surface area contributed by atoms with Crippen LogP contribution >= 0.6 is 11.5 Å². The Morgan fingerprint density at radius 3 is 2.80 bits per heavy atom. The smallest absolute Gasteiger partial charge is 0.363 e. The second-order valence-electron chi connectivity index (χ2n) is 4.46. The lowest BCUT2D eigenvalue weighted by Gasteiger charge is -2.03. The number of hydrogen-bond donors (Lipinski definition) is 0. The van der Waals surface area contributed by atoms with Crippen molar-refractivity contribution in [3.63, 3.8) is 0 Å². The predicted octanol–water partition coefficient (Wildman–Crippen LogP) is 2.50. The van der Waals surface area contributed by atoms with Gasteiger partial charge in [-0.05, 0) is 54.7 Å². The van der Waals surface area contributed by atoms with E-state index >= 15 is 0 Å². The number of carbonyl (C=O) groups excluding carboxylic acids is 1. The van der Waals surface area contributed by atoms with Gasteiger partial charge < -0.3 is 4.74 Å². The van der Waals surface area contributed by atoms with Crippen LogP contribution in [0.5, 0.6) is 0 Å². The van der Waals surface area contributed by atoms with Crippen molar-refractivity contribution in [3.8, 4) is 0 Å². The van der Waals surface area contributed by atoms with Crippen molar-refractivity contribution in [1.29, 1.82) is 0 Å². The van der Waals surface area contributed by atoms with Gasteiger partial charge in [0.25, 0.3) is 0 Å². The van der Waals surface area contributed by atoms with E-state index in [1.54, 1.807) is 11.5 Å². The zero-order valence-corrected chi connectivity index (χ0v) is 11.8. The number of aryl methyl sites for hydroxylation is 2. The number of nitrogens with zero attached hydrogens (tertiary/aromatic N) is 3. The molecule has 6 heteroatoms. The third-order valence-electron chi connectivity index (χ3n) is 3.04. The standard InChI is InChI=1S/C14H11N3O2S/c1-8-3-4-10(5-9(8)2)13-15-12(14(18)19-13)6-11-7-20-17-16-11/h3-7H,1-2H3/b12-6+. The molecule has 0 saturated heterocycles. The quantitative estimate of drug-likeness (QED) is 0.628. The molecular formula is C14H11N3O2S. The lowest BCUT2D eigenvalue weighted by Crippen LogP contribution is -2.05. The van der Waals surface area contributed by atoms with E-state index in [1.807, 2.05) is 32.0 Å². The summed E-state index contributed by atoms with van der Waals surface area (Å²) in [6.07, 6.45) is 1.57. The van der Waals surface area contributed by atoms with E-state index in [0.717, 1.165) is 11.1 Å². The first kappa shape index (κ1) is 12.7. The van der Waals surface area contributed by atoms with Crippen LogP contribution in [0.1, 0.15) is 22.4 Å². The largest absolute Gasteiger partial charge is 0.402 e.